The Kier molecular flexibility index (Phi) is 10.5. The minimum atomic E-state index is -5.08. The molecule has 214 valence electrons. The molecule has 8 nitrogen and oxygen atoms in total. The predicted octanol–water partition coefficient (Wildman–Crippen LogP) is 5.10. The first kappa shape index (κ1) is 30.5. The van der Waals surface area contributed by atoms with Crippen LogP contribution in [0.2, 0.25) is 0 Å². The first-order chi connectivity index (χ1) is 19.0. The van der Waals surface area contributed by atoms with Gasteiger partial charge in [-0.05, 0) is 78.4 Å². The Morgan fingerprint density at radius 3 is 2.35 bits per heavy atom. The number of rotatable bonds is 9. The molecular formula is C29H30F3NO7. The molecule has 0 radical (unpaired) electrons. The van der Waals surface area contributed by atoms with E-state index in [2.05, 4.69) is 11.4 Å². The van der Waals surface area contributed by atoms with Crippen LogP contribution in [-0.4, -0.2) is 59.2 Å². The van der Waals surface area contributed by atoms with Crippen LogP contribution in [0.15, 0.2) is 66.7 Å². The molecule has 2 atom stereocenters. The lowest BCUT2D eigenvalue weighted by Crippen LogP contribution is -2.36. The Morgan fingerprint density at radius 2 is 1.73 bits per heavy atom. The molecule has 0 aromatic heterocycles. The van der Waals surface area contributed by atoms with Gasteiger partial charge in [0.05, 0.1) is 18.3 Å². The SMILES string of the molecule is CCOc1cccc([C@H](O)CNC[C@H]2CCc3cc(-c4ccc(C(=O)O)cc4)ccc3O2)c1.O=C(O)C(F)(F)F. The molecule has 0 bridgehead atoms. The zero-order valence-electron chi connectivity index (χ0n) is 21.6. The van der Waals surface area contributed by atoms with Crippen molar-refractivity contribution in [1.82, 2.24) is 5.32 Å². The number of aliphatic hydroxyl groups excluding tert-OH is 1. The summed E-state index contributed by atoms with van der Waals surface area (Å²) in [5, 5.41) is 30.0. The average Bonchev–Trinajstić information content (AvgIpc) is 2.93. The van der Waals surface area contributed by atoms with Gasteiger partial charge in [0.25, 0.3) is 0 Å². The monoisotopic (exact) mass is 561 g/mol. The van der Waals surface area contributed by atoms with E-state index < -0.39 is 24.2 Å². The number of carbonyl (C=O) groups is 2. The fraction of sp³-hybridized carbons (Fsp3) is 0.310. The third-order valence-corrected chi connectivity index (χ3v) is 6.06. The van der Waals surface area contributed by atoms with Crippen LogP contribution in [0, 0.1) is 0 Å². The number of ether oxygens (including phenoxy) is 2. The Balaban J connectivity index is 0.000000559. The zero-order valence-corrected chi connectivity index (χ0v) is 21.6. The van der Waals surface area contributed by atoms with E-state index in [0.717, 1.165) is 46.6 Å². The number of benzene rings is 3. The summed E-state index contributed by atoms with van der Waals surface area (Å²) in [6, 6.07) is 20.5. The highest BCUT2D eigenvalue weighted by Gasteiger charge is 2.38. The Bertz CT molecular complexity index is 1300. The van der Waals surface area contributed by atoms with Crippen molar-refractivity contribution in [1.29, 1.82) is 0 Å². The van der Waals surface area contributed by atoms with Gasteiger partial charge >= 0.3 is 18.1 Å². The molecule has 11 heteroatoms. The quantitative estimate of drug-likeness (QED) is 0.284. The minimum Gasteiger partial charge on any atom is -0.494 e. The maximum Gasteiger partial charge on any atom is 0.490 e. The van der Waals surface area contributed by atoms with Crippen molar-refractivity contribution in [2.24, 2.45) is 0 Å². The third-order valence-electron chi connectivity index (χ3n) is 6.06. The maximum absolute atomic E-state index is 11.1. The number of carboxylic acids is 2. The molecule has 0 aliphatic carbocycles. The van der Waals surface area contributed by atoms with E-state index in [1.807, 2.05) is 55.5 Å². The van der Waals surface area contributed by atoms with Gasteiger partial charge in [-0.25, -0.2) is 9.59 Å². The van der Waals surface area contributed by atoms with Crippen LogP contribution in [0.25, 0.3) is 11.1 Å². The first-order valence-electron chi connectivity index (χ1n) is 12.5. The van der Waals surface area contributed by atoms with Crippen LogP contribution in [0.1, 0.15) is 40.9 Å². The van der Waals surface area contributed by atoms with Gasteiger partial charge in [-0.2, -0.15) is 13.2 Å². The van der Waals surface area contributed by atoms with Crippen LogP contribution < -0.4 is 14.8 Å². The summed E-state index contributed by atoms with van der Waals surface area (Å²) >= 11 is 0. The van der Waals surface area contributed by atoms with Crippen molar-refractivity contribution >= 4 is 11.9 Å². The second-order valence-electron chi connectivity index (χ2n) is 8.97. The van der Waals surface area contributed by atoms with Crippen LogP contribution in [0.5, 0.6) is 11.5 Å². The third kappa shape index (κ3) is 8.72. The van der Waals surface area contributed by atoms with Crippen LogP contribution in [0.3, 0.4) is 0 Å². The molecule has 0 amide bonds. The summed E-state index contributed by atoms with van der Waals surface area (Å²) in [6.07, 6.45) is -3.87. The fourth-order valence-corrected chi connectivity index (χ4v) is 4.05. The smallest absolute Gasteiger partial charge is 0.490 e. The van der Waals surface area contributed by atoms with Gasteiger partial charge in [0.15, 0.2) is 0 Å². The number of halogens is 3. The van der Waals surface area contributed by atoms with Gasteiger partial charge in [0, 0.05) is 13.1 Å². The lowest BCUT2D eigenvalue weighted by atomic mass is 9.96. The van der Waals surface area contributed by atoms with Gasteiger partial charge in [-0.15, -0.1) is 0 Å². The van der Waals surface area contributed by atoms with Gasteiger partial charge in [0.1, 0.15) is 17.6 Å². The van der Waals surface area contributed by atoms with Crippen molar-refractivity contribution < 1.29 is 47.6 Å². The number of fused-ring (bicyclic) bond motifs is 1. The highest BCUT2D eigenvalue weighted by molar-refractivity contribution is 5.88. The summed E-state index contributed by atoms with van der Waals surface area (Å²) in [5.41, 5.74) is 4.28. The fourth-order valence-electron chi connectivity index (χ4n) is 4.05. The summed E-state index contributed by atoms with van der Waals surface area (Å²) < 4.78 is 43.4. The molecule has 0 saturated heterocycles. The first-order valence-corrected chi connectivity index (χ1v) is 12.5. The summed E-state index contributed by atoms with van der Waals surface area (Å²) in [6.45, 7) is 3.62. The summed E-state index contributed by atoms with van der Waals surface area (Å²) in [5.74, 6) is -2.04. The summed E-state index contributed by atoms with van der Waals surface area (Å²) in [7, 11) is 0. The highest BCUT2D eigenvalue weighted by atomic mass is 19.4. The van der Waals surface area contributed by atoms with Gasteiger partial charge in [-0.3, -0.25) is 0 Å². The Labute approximate surface area is 229 Å². The number of hydrogen-bond donors (Lipinski definition) is 4. The van der Waals surface area contributed by atoms with E-state index in [9.17, 15) is 23.1 Å². The number of alkyl halides is 3. The second kappa shape index (κ2) is 13.8. The molecule has 1 aliphatic rings. The van der Waals surface area contributed by atoms with E-state index in [1.165, 1.54) is 0 Å². The second-order valence-corrected chi connectivity index (χ2v) is 8.97. The number of aliphatic carboxylic acids is 1. The average molecular weight is 562 g/mol. The predicted molar refractivity (Wildman–Crippen MR) is 141 cm³/mol. The van der Waals surface area contributed by atoms with Gasteiger partial charge in [-0.1, -0.05) is 30.3 Å². The van der Waals surface area contributed by atoms with Crippen molar-refractivity contribution in [3.05, 3.63) is 83.4 Å². The number of nitrogens with one attached hydrogen (secondary N) is 1. The van der Waals surface area contributed by atoms with Gasteiger partial charge < -0.3 is 30.1 Å². The summed E-state index contributed by atoms with van der Waals surface area (Å²) in [4.78, 5) is 19.9. The van der Waals surface area contributed by atoms with Crippen molar-refractivity contribution in [3.63, 3.8) is 0 Å². The molecule has 3 aromatic carbocycles. The lowest BCUT2D eigenvalue weighted by Gasteiger charge is -2.27. The molecule has 1 heterocycles. The molecule has 3 aromatic rings. The van der Waals surface area contributed by atoms with Crippen LogP contribution in [-0.2, 0) is 11.2 Å². The highest BCUT2D eigenvalue weighted by Crippen LogP contribution is 2.32. The lowest BCUT2D eigenvalue weighted by molar-refractivity contribution is -0.192. The largest absolute Gasteiger partial charge is 0.494 e. The molecule has 0 spiro atoms. The van der Waals surface area contributed by atoms with E-state index in [4.69, 9.17) is 24.5 Å². The molecule has 0 fully saturated rings. The molecular weight excluding hydrogens is 531 g/mol. The Hall–Kier alpha value is -4.09. The number of hydrogen-bond acceptors (Lipinski definition) is 6. The molecule has 4 N–H and O–H groups in total. The van der Waals surface area contributed by atoms with E-state index in [-0.39, 0.29) is 11.7 Å². The number of aliphatic hydroxyl groups is 1. The van der Waals surface area contributed by atoms with Crippen LogP contribution >= 0.6 is 0 Å². The minimum absolute atomic E-state index is 0.0418. The molecule has 0 saturated carbocycles. The number of aromatic carboxylic acids is 1. The molecule has 0 unspecified atom stereocenters. The standard InChI is InChI=1S/C27H29NO5.C2HF3O2/c1-2-32-23-5-3-4-21(15-23)25(29)17-28-16-24-12-10-22-14-20(11-13-26(22)33-24)18-6-8-19(9-7-18)27(30)31;3-2(4,5)1(6)7/h3-9,11,13-15,24-25,28-29H,2,10,12,16-17H2,1H3,(H,30,31);(H,6,7)/t24-,25-;/m1./s1. The van der Waals surface area contributed by atoms with Gasteiger partial charge in [0.2, 0.25) is 0 Å². The van der Waals surface area contributed by atoms with Crippen LogP contribution in [0.4, 0.5) is 13.2 Å². The van der Waals surface area contributed by atoms with Crippen molar-refractivity contribution in [3.8, 4) is 22.6 Å². The maximum atomic E-state index is 11.1. The van der Waals surface area contributed by atoms with Crippen molar-refractivity contribution in [2.45, 2.75) is 38.1 Å². The Morgan fingerprint density at radius 1 is 1.05 bits per heavy atom. The molecule has 40 heavy (non-hydrogen) atoms. The van der Waals surface area contributed by atoms with E-state index >= 15 is 0 Å². The normalized spacial score (nSPS) is 15.1. The van der Waals surface area contributed by atoms with E-state index in [1.54, 1.807) is 12.1 Å². The number of aryl methyl sites for hydroxylation is 1. The van der Waals surface area contributed by atoms with Crippen molar-refractivity contribution in [2.75, 3.05) is 19.7 Å². The molecule has 4 rings (SSSR count). The zero-order chi connectivity index (χ0) is 29.3. The van der Waals surface area contributed by atoms with E-state index in [0.29, 0.717) is 19.7 Å². The number of carboxylic acid groups (broad SMARTS) is 2. The topological polar surface area (TPSA) is 125 Å². The molecule has 1 aliphatic heterocycles.